The first-order chi connectivity index (χ1) is 16.7. The van der Waals surface area contributed by atoms with E-state index in [0.29, 0.717) is 47.5 Å². The van der Waals surface area contributed by atoms with Crippen molar-refractivity contribution in [1.82, 2.24) is 19.1 Å². The summed E-state index contributed by atoms with van der Waals surface area (Å²) in [7, 11) is 0. The van der Waals surface area contributed by atoms with Crippen LogP contribution in [-0.4, -0.2) is 25.4 Å². The van der Waals surface area contributed by atoms with Gasteiger partial charge in [-0.25, -0.2) is 14.8 Å². The van der Waals surface area contributed by atoms with Crippen LogP contribution in [0.4, 0.5) is 23.0 Å². The van der Waals surface area contributed by atoms with Crippen LogP contribution in [0.2, 0.25) is 0 Å². The number of nitrogens with zero attached hydrogens (tertiary/aromatic N) is 10. The molecule has 34 heavy (non-hydrogen) atoms. The first kappa shape index (κ1) is 20.6. The molecule has 3 heterocycles. The number of aromatic amines is 1. The summed E-state index contributed by atoms with van der Waals surface area (Å²) in [5.41, 5.74) is 20.8. The maximum Gasteiger partial charge on any atom is 0.327 e. The lowest BCUT2D eigenvalue weighted by molar-refractivity contribution is 0.771. The molecule has 0 atom stereocenters. The van der Waals surface area contributed by atoms with E-state index in [4.69, 9.17) is 11.1 Å². The number of hydrogen-bond acceptors (Lipinski definition) is 6. The summed E-state index contributed by atoms with van der Waals surface area (Å²) >= 11 is 0. The molecule has 2 N–H and O–H groups in total. The third-order valence-electron chi connectivity index (χ3n) is 5.31. The van der Waals surface area contributed by atoms with Gasteiger partial charge in [0, 0.05) is 21.2 Å². The van der Waals surface area contributed by atoms with E-state index in [2.05, 4.69) is 40.3 Å². The van der Waals surface area contributed by atoms with Gasteiger partial charge in [0.05, 0.1) is 25.8 Å². The Morgan fingerprint density at radius 2 is 1.53 bits per heavy atom. The highest BCUT2D eigenvalue weighted by molar-refractivity contribution is 5.90. The average Bonchev–Trinajstić information content (AvgIpc) is 3.31. The second kappa shape index (κ2) is 8.71. The maximum atomic E-state index is 12.8. The number of nitrogens with one attached hydrogen (secondary N) is 2. The fourth-order valence-electron chi connectivity index (χ4n) is 3.72. The molecular formula is C21H16N12O. The highest BCUT2D eigenvalue weighted by atomic mass is 16.1. The molecule has 1 aliphatic heterocycles. The van der Waals surface area contributed by atoms with Crippen molar-refractivity contribution in [2.24, 2.45) is 15.2 Å². The SMILES string of the molecule is [N-]=[N+]=Nc1ccc(Cn2cnc3c2N=CNc2c-3[nH]c(=O)n2Cc2ccc(N=[N+]=[N-])cc2)cc1. The van der Waals surface area contributed by atoms with Crippen LogP contribution in [0.5, 0.6) is 0 Å². The molecular weight excluding hydrogens is 436 g/mol. The third kappa shape index (κ3) is 3.86. The minimum absolute atomic E-state index is 0.291. The predicted molar refractivity (Wildman–Crippen MR) is 127 cm³/mol. The molecule has 13 heteroatoms. The fourth-order valence-corrected chi connectivity index (χ4v) is 3.72. The minimum atomic E-state index is -0.291. The van der Waals surface area contributed by atoms with Crippen molar-refractivity contribution in [1.29, 1.82) is 0 Å². The molecule has 4 aromatic rings. The fraction of sp³-hybridized carbons (Fsp3) is 0.0952. The van der Waals surface area contributed by atoms with E-state index in [-0.39, 0.29) is 5.69 Å². The molecule has 0 spiro atoms. The molecule has 13 nitrogen and oxygen atoms in total. The van der Waals surface area contributed by atoms with E-state index in [0.717, 1.165) is 11.1 Å². The Bertz CT molecular complexity index is 1540. The topological polar surface area (TPSA) is 178 Å². The summed E-state index contributed by atoms with van der Waals surface area (Å²) in [6.07, 6.45) is 3.20. The Hall–Kier alpha value is -5.25. The predicted octanol–water partition coefficient (Wildman–Crippen LogP) is 5.11. The van der Waals surface area contributed by atoms with Crippen LogP contribution >= 0.6 is 0 Å². The zero-order chi connectivity index (χ0) is 23.5. The third-order valence-corrected chi connectivity index (χ3v) is 5.31. The van der Waals surface area contributed by atoms with Gasteiger partial charge in [0.2, 0.25) is 0 Å². The summed E-state index contributed by atoms with van der Waals surface area (Å²) < 4.78 is 3.43. The molecule has 0 unspecified atom stereocenters. The molecule has 0 saturated heterocycles. The normalized spacial score (nSPS) is 11.4. The molecule has 0 fully saturated rings. The molecule has 1 aliphatic rings. The van der Waals surface area contributed by atoms with Crippen LogP contribution in [0.25, 0.3) is 32.3 Å². The molecule has 2 aromatic carbocycles. The molecule has 0 saturated carbocycles. The summed E-state index contributed by atoms with van der Waals surface area (Å²) in [6.45, 7) is 0.795. The van der Waals surface area contributed by atoms with Crippen molar-refractivity contribution < 1.29 is 0 Å². The Labute approximate surface area is 191 Å². The standard InChI is InChI=1S/C21H16N12O/c22-30-28-15-5-1-13(2-6-15)9-32-12-26-17-18-20(25-11-24-19(17)32)33(21(34)27-18)10-14-3-7-16(8-4-14)29-31-23/h1-8,11-12H,9-10H2,(H,24,25)(H,27,34). The Morgan fingerprint density at radius 1 is 0.912 bits per heavy atom. The second-order valence-corrected chi connectivity index (χ2v) is 7.40. The summed E-state index contributed by atoms with van der Waals surface area (Å²) in [6, 6.07) is 14.2. The maximum absolute atomic E-state index is 12.8. The first-order valence-electron chi connectivity index (χ1n) is 10.1. The Balaban J connectivity index is 1.45. The van der Waals surface area contributed by atoms with Crippen molar-refractivity contribution in [2.45, 2.75) is 13.1 Å². The summed E-state index contributed by atoms with van der Waals surface area (Å²) in [5.74, 6) is 1.15. The summed E-state index contributed by atoms with van der Waals surface area (Å²) in [4.78, 5) is 30.2. The number of azide groups is 2. The minimum Gasteiger partial charge on any atom is -0.330 e. The van der Waals surface area contributed by atoms with Crippen LogP contribution < -0.4 is 11.0 Å². The number of H-pyrrole nitrogens is 1. The van der Waals surface area contributed by atoms with Crippen LogP contribution in [-0.2, 0) is 13.1 Å². The van der Waals surface area contributed by atoms with Gasteiger partial charge in [-0.05, 0) is 22.2 Å². The van der Waals surface area contributed by atoms with Crippen molar-refractivity contribution in [2.75, 3.05) is 5.32 Å². The van der Waals surface area contributed by atoms with Gasteiger partial charge in [0.15, 0.2) is 5.82 Å². The van der Waals surface area contributed by atoms with E-state index in [1.165, 1.54) is 6.34 Å². The summed E-state index contributed by atoms with van der Waals surface area (Å²) in [5, 5.41) is 10.2. The van der Waals surface area contributed by atoms with Gasteiger partial charge in [-0.1, -0.05) is 58.8 Å². The molecule has 0 radical (unpaired) electrons. The second-order valence-electron chi connectivity index (χ2n) is 7.40. The number of fused-ring (bicyclic) bond motifs is 3. The van der Waals surface area contributed by atoms with Crippen LogP contribution in [0.1, 0.15) is 11.1 Å². The van der Waals surface area contributed by atoms with E-state index < -0.39 is 0 Å². The number of hydrogen-bond donors (Lipinski definition) is 2. The lowest BCUT2D eigenvalue weighted by Gasteiger charge is -2.07. The Morgan fingerprint density at radius 3 is 2.15 bits per heavy atom. The smallest absolute Gasteiger partial charge is 0.327 e. The van der Waals surface area contributed by atoms with Gasteiger partial charge in [0.1, 0.15) is 17.2 Å². The van der Waals surface area contributed by atoms with Crippen LogP contribution in [0.3, 0.4) is 0 Å². The molecule has 0 aliphatic carbocycles. The first-order valence-corrected chi connectivity index (χ1v) is 10.1. The average molecular weight is 452 g/mol. The number of aromatic nitrogens is 4. The monoisotopic (exact) mass is 452 g/mol. The van der Waals surface area contributed by atoms with Gasteiger partial charge in [-0.15, -0.1) is 0 Å². The molecule has 5 rings (SSSR count). The Kier molecular flexibility index (Phi) is 5.29. The van der Waals surface area contributed by atoms with E-state index in [1.807, 2.05) is 16.7 Å². The lowest BCUT2D eigenvalue weighted by atomic mass is 10.2. The molecule has 166 valence electrons. The largest absolute Gasteiger partial charge is 0.330 e. The van der Waals surface area contributed by atoms with Gasteiger partial charge in [0.25, 0.3) is 0 Å². The lowest BCUT2D eigenvalue weighted by Crippen LogP contribution is -2.19. The van der Waals surface area contributed by atoms with Gasteiger partial charge < -0.3 is 14.9 Å². The van der Waals surface area contributed by atoms with E-state index in [9.17, 15) is 4.79 Å². The van der Waals surface area contributed by atoms with Crippen molar-refractivity contribution in [3.05, 3.63) is 97.4 Å². The zero-order valence-corrected chi connectivity index (χ0v) is 17.6. The molecule has 2 aromatic heterocycles. The highest BCUT2D eigenvalue weighted by Crippen LogP contribution is 2.34. The van der Waals surface area contributed by atoms with Crippen LogP contribution in [0, 0.1) is 0 Å². The number of benzene rings is 2. The van der Waals surface area contributed by atoms with E-state index >= 15 is 0 Å². The quantitative estimate of drug-likeness (QED) is 0.235. The van der Waals surface area contributed by atoms with Crippen LogP contribution in [0.15, 0.2) is 74.9 Å². The van der Waals surface area contributed by atoms with Gasteiger partial charge in [-0.3, -0.25) is 4.57 Å². The zero-order valence-electron chi connectivity index (χ0n) is 17.6. The van der Waals surface area contributed by atoms with Gasteiger partial charge >= 0.3 is 5.69 Å². The highest BCUT2D eigenvalue weighted by Gasteiger charge is 2.23. The van der Waals surface area contributed by atoms with E-state index in [1.54, 1.807) is 47.3 Å². The van der Waals surface area contributed by atoms with Crippen molar-refractivity contribution in [3.8, 4) is 11.4 Å². The number of rotatable bonds is 6. The number of anilines is 1. The van der Waals surface area contributed by atoms with Gasteiger partial charge in [-0.2, -0.15) is 0 Å². The van der Waals surface area contributed by atoms with Crippen molar-refractivity contribution in [3.63, 3.8) is 0 Å². The molecule has 0 amide bonds. The molecule has 0 bridgehead atoms. The number of imidazole rings is 2. The number of aliphatic imine (C=N–C) groups is 1. The van der Waals surface area contributed by atoms with Crippen molar-refractivity contribution >= 4 is 29.3 Å².